The molecule has 1 aromatic heterocycles. The Morgan fingerprint density at radius 2 is 1.97 bits per heavy atom. The zero-order valence-corrected chi connectivity index (χ0v) is 16.3. The van der Waals surface area contributed by atoms with E-state index in [0.29, 0.717) is 19.6 Å². The van der Waals surface area contributed by atoms with Crippen LogP contribution in [0, 0.1) is 10.1 Å². The number of hydrogen-bond acceptors (Lipinski definition) is 10. The molecule has 0 spiro atoms. The Hall–Kier alpha value is -3.45. The first-order chi connectivity index (χ1) is 14.4. The summed E-state index contributed by atoms with van der Waals surface area (Å²) in [6.45, 7) is 0.885. The summed E-state index contributed by atoms with van der Waals surface area (Å²) in [5.74, 6) is -1.44. The van der Waals surface area contributed by atoms with E-state index in [1.54, 1.807) is 0 Å². The van der Waals surface area contributed by atoms with Gasteiger partial charge in [-0.15, -0.1) is 5.10 Å². The summed E-state index contributed by atoms with van der Waals surface area (Å²) in [5, 5.41) is 17.9. The predicted octanol–water partition coefficient (Wildman–Crippen LogP) is 0.308. The molecule has 2 aromatic rings. The molecular formula is C17H20N4O9. The highest BCUT2D eigenvalue weighted by Crippen LogP contribution is 2.38. The molecule has 1 aromatic carbocycles. The number of amides is 1. The number of benzene rings is 1. The minimum absolute atomic E-state index is 0.0931. The summed E-state index contributed by atoms with van der Waals surface area (Å²) in [6, 6.07) is 2.40. The second-order valence-electron chi connectivity index (χ2n) is 6.12. The fraction of sp³-hybridized carbons (Fsp3) is 0.471. The summed E-state index contributed by atoms with van der Waals surface area (Å²) in [5.41, 5.74) is -0.494. The molecule has 162 valence electrons. The van der Waals surface area contributed by atoms with Crippen LogP contribution >= 0.6 is 0 Å². The van der Waals surface area contributed by atoms with Crippen LogP contribution in [0.15, 0.2) is 21.3 Å². The second-order valence-corrected chi connectivity index (χ2v) is 6.12. The van der Waals surface area contributed by atoms with Gasteiger partial charge >= 0.3 is 5.76 Å². The van der Waals surface area contributed by atoms with Crippen molar-refractivity contribution in [3.63, 3.8) is 0 Å². The monoisotopic (exact) mass is 424 g/mol. The maximum atomic E-state index is 12.1. The SMILES string of the molecule is COc1cc(-c2nn(CC(=O)NCCC3OCCO3)c(=O)o2)c([N+](=O)[O-])cc1OC. The van der Waals surface area contributed by atoms with Crippen LogP contribution in [0.2, 0.25) is 0 Å². The third kappa shape index (κ3) is 4.75. The van der Waals surface area contributed by atoms with Crippen molar-refractivity contribution >= 4 is 11.6 Å². The first-order valence-corrected chi connectivity index (χ1v) is 8.91. The standard InChI is InChI=1S/C17H20N4O9/c1-26-12-7-10(11(21(24)25)8-13(12)27-2)16-19-20(17(23)30-16)9-14(22)18-4-3-15-28-5-6-29-15/h7-8,15H,3-6,9H2,1-2H3,(H,18,22). The Bertz CT molecular complexity index is 978. The molecule has 2 heterocycles. The van der Waals surface area contributed by atoms with Gasteiger partial charge in [-0.2, -0.15) is 4.68 Å². The molecular weight excluding hydrogens is 404 g/mol. The number of ether oxygens (including phenoxy) is 4. The lowest BCUT2D eigenvalue weighted by molar-refractivity contribution is -0.384. The Kier molecular flexibility index (Phi) is 6.64. The molecule has 1 N–H and O–H groups in total. The molecule has 1 saturated heterocycles. The normalized spacial score (nSPS) is 13.9. The molecule has 0 unspecified atom stereocenters. The molecule has 0 atom stereocenters. The van der Waals surface area contributed by atoms with E-state index in [1.165, 1.54) is 20.3 Å². The van der Waals surface area contributed by atoms with Gasteiger partial charge in [0.05, 0.1) is 38.4 Å². The average molecular weight is 424 g/mol. The van der Waals surface area contributed by atoms with E-state index in [2.05, 4.69) is 10.4 Å². The van der Waals surface area contributed by atoms with Crippen LogP contribution in [-0.2, 0) is 20.8 Å². The summed E-state index contributed by atoms with van der Waals surface area (Å²) >= 11 is 0. The van der Waals surface area contributed by atoms with E-state index < -0.39 is 28.8 Å². The van der Waals surface area contributed by atoms with Gasteiger partial charge in [-0.05, 0) is 0 Å². The molecule has 13 nitrogen and oxygen atoms in total. The van der Waals surface area contributed by atoms with Gasteiger partial charge in [0.2, 0.25) is 5.91 Å². The van der Waals surface area contributed by atoms with Crippen LogP contribution in [0.1, 0.15) is 6.42 Å². The largest absolute Gasteiger partial charge is 0.493 e. The number of nitrogens with one attached hydrogen (secondary N) is 1. The number of methoxy groups -OCH3 is 2. The Labute approximate surface area is 169 Å². The Balaban J connectivity index is 1.76. The van der Waals surface area contributed by atoms with Crippen molar-refractivity contribution in [1.82, 2.24) is 15.1 Å². The highest BCUT2D eigenvalue weighted by atomic mass is 16.7. The smallest absolute Gasteiger partial charge is 0.437 e. The molecule has 1 aliphatic rings. The van der Waals surface area contributed by atoms with Gasteiger partial charge in [-0.3, -0.25) is 14.9 Å². The van der Waals surface area contributed by atoms with Crippen LogP contribution in [0.4, 0.5) is 5.69 Å². The highest BCUT2D eigenvalue weighted by Gasteiger charge is 2.25. The first kappa shape index (κ1) is 21.3. The van der Waals surface area contributed by atoms with Crippen LogP contribution in [0.3, 0.4) is 0 Å². The number of nitro groups is 1. The average Bonchev–Trinajstić information content (AvgIpc) is 3.37. The van der Waals surface area contributed by atoms with Crippen molar-refractivity contribution in [3.8, 4) is 23.0 Å². The van der Waals surface area contributed by atoms with Crippen molar-refractivity contribution < 1.29 is 33.1 Å². The van der Waals surface area contributed by atoms with Crippen LogP contribution in [0.5, 0.6) is 11.5 Å². The fourth-order valence-electron chi connectivity index (χ4n) is 2.80. The summed E-state index contributed by atoms with van der Waals surface area (Å²) in [4.78, 5) is 34.9. The lowest BCUT2D eigenvalue weighted by Crippen LogP contribution is -2.33. The van der Waals surface area contributed by atoms with E-state index in [4.69, 9.17) is 23.4 Å². The van der Waals surface area contributed by atoms with Gasteiger partial charge in [0, 0.05) is 19.0 Å². The molecule has 0 radical (unpaired) electrons. The molecule has 3 rings (SSSR count). The fourth-order valence-corrected chi connectivity index (χ4v) is 2.80. The topological polar surface area (TPSA) is 157 Å². The summed E-state index contributed by atoms with van der Waals surface area (Å²) in [7, 11) is 2.69. The summed E-state index contributed by atoms with van der Waals surface area (Å²) in [6.07, 6.45) is 0.0972. The maximum Gasteiger partial charge on any atom is 0.437 e. The van der Waals surface area contributed by atoms with Crippen molar-refractivity contribution in [2.45, 2.75) is 19.3 Å². The molecule has 1 amide bonds. The lowest BCUT2D eigenvalue weighted by Gasteiger charge is -2.09. The maximum absolute atomic E-state index is 12.1. The van der Waals surface area contributed by atoms with E-state index >= 15 is 0 Å². The molecule has 0 bridgehead atoms. The molecule has 0 aliphatic carbocycles. The van der Waals surface area contributed by atoms with Gasteiger partial charge in [0.1, 0.15) is 12.1 Å². The minimum atomic E-state index is -0.938. The van der Waals surface area contributed by atoms with E-state index in [-0.39, 0.29) is 35.8 Å². The van der Waals surface area contributed by atoms with Crippen LogP contribution in [-0.4, -0.2) is 60.9 Å². The number of carbonyl (C=O) groups is 1. The lowest BCUT2D eigenvalue weighted by atomic mass is 10.1. The number of nitrogens with zero attached hydrogens (tertiary/aromatic N) is 3. The molecule has 1 fully saturated rings. The Morgan fingerprint density at radius 1 is 1.30 bits per heavy atom. The molecule has 30 heavy (non-hydrogen) atoms. The predicted molar refractivity (Wildman–Crippen MR) is 99.3 cm³/mol. The highest BCUT2D eigenvalue weighted by molar-refractivity contribution is 5.75. The number of hydrogen-bond donors (Lipinski definition) is 1. The second kappa shape index (κ2) is 9.37. The third-order valence-electron chi connectivity index (χ3n) is 4.22. The zero-order valence-electron chi connectivity index (χ0n) is 16.3. The van der Waals surface area contributed by atoms with Gasteiger partial charge < -0.3 is 28.7 Å². The summed E-state index contributed by atoms with van der Waals surface area (Å²) < 4.78 is 26.5. The van der Waals surface area contributed by atoms with Crippen molar-refractivity contribution in [3.05, 3.63) is 32.8 Å². The third-order valence-corrected chi connectivity index (χ3v) is 4.22. The van der Waals surface area contributed by atoms with E-state index in [1.807, 2.05) is 0 Å². The minimum Gasteiger partial charge on any atom is -0.493 e. The van der Waals surface area contributed by atoms with Crippen molar-refractivity contribution in [2.24, 2.45) is 0 Å². The number of rotatable bonds is 9. The van der Waals surface area contributed by atoms with Crippen LogP contribution in [0.25, 0.3) is 11.5 Å². The van der Waals surface area contributed by atoms with Gasteiger partial charge in [0.25, 0.3) is 11.6 Å². The van der Waals surface area contributed by atoms with Gasteiger partial charge in [-0.25, -0.2) is 4.79 Å². The molecule has 13 heteroatoms. The number of nitro benzene ring substituents is 1. The zero-order chi connectivity index (χ0) is 21.7. The van der Waals surface area contributed by atoms with E-state index in [0.717, 1.165) is 10.7 Å². The van der Waals surface area contributed by atoms with Crippen LogP contribution < -0.4 is 20.5 Å². The van der Waals surface area contributed by atoms with Crippen molar-refractivity contribution in [1.29, 1.82) is 0 Å². The first-order valence-electron chi connectivity index (χ1n) is 8.91. The molecule has 0 saturated carbocycles. The van der Waals surface area contributed by atoms with E-state index in [9.17, 15) is 19.7 Å². The van der Waals surface area contributed by atoms with Gasteiger partial charge in [0.15, 0.2) is 17.8 Å². The number of carbonyl (C=O) groups excluding carboxylic acids is 1. The van der Waals surface area contributed by atoms with Crippen molar-refractivity contribution in [2.75, 3.05) is 34.0 Å². The Morgan fingerprint density at radius 3 is 2.60 bits per heavy atom. The quantitative estimate of drug-likeness (QED) is 0.439. The van der Waals surface area contributed by atoms with Gasteiger partial charge in [-0.1, -0.05) is 0 Å². The number of aromatic nitrogens is 2. The molecule has 1 aliphatic heterocycles.